The second-order valence-electron chi connectivity index (χ2n) is 4.97. The van der Waals surface area contributed by atoms with Crippen LogP contribution in [0.4, 0.5) is 10.1 Å². The van der Waals surface area contributed by atoms with Crippen molar-refractivity contribution in [3.63, 3.8) is 0 Å². The molecule has 0 aliphatic rings. The molecule has 106 valence electrons. The Morgan fingerprint density at radius 1 is 1.20 bits per heavy atom. The van der Waals surface area contributed by atoms with E-state index < -0.39 is 0 Å². The van der Waals surface area contributed by atoms with E-state index in [0.29, 0.717) is 0 Å². The zero-order valence-electron chi connectivity index (χ0n) is 11.6. The number of rotatable bonds is 4. The molecule has 0 spiro atoms. The topological polar surface area (TPSA) is 29.3 Å². The van der Waals surface area contributed by atoms with Gasteiger partial charge >= 0.3 is 0 Å². The largest absolute Gasteiger partial charge is 0.370 e. The van der Waals surface area contributed by atoms with Crippen molar-refractivity contribution in [1.82, 2.24) is 0 Å². The Hall–Kier alpha value is -1.39. The molecule has 0 saturated heterocycles. The van der Waals surface area contributed by atoms with Crippen molar-refractivity contribution in [2.75, 3.05) is 11.9 Å². The number of nitrogens with two attached hydrogens (primary N) is 1. The predicted octanol–water partition coefficient (Wildman–Crippen LogP) is 4.24. The van der Waals surface area contributed by atoms with Gasteiger partial charge < -0.3 is 10.6 Å². The van der Waals surface area contributed by atoms with Gasteiger partial charge in [0, 0.05) is 29.8 Å². The Bertz CT molecular complexity index is 582. The highest BCUT2D eigenvalue weighted by Crippen LogP contribution is 2.26. The molecular formula is C16H18BrFN2. The van der Waals surface area contributed by atoms with Gasteiger partial charge in [0.25, 0.3) is 0 Å². The van der Waals surface area contributed by atoms with E-state index in [4.69, 9.17) is 5.73 Å². The van der Waals surface area contributed by atoms with E-state index in [1.54, 1.807) is 6.07 Å². The Morgan fingerprint density at radius 2 is 1.85 bits per heavy atom. The maximum absolute atomic E-state index is 13.4. The first-order valence-electron chi connectivity index (χ1n) is 6.48. The first-order valence-corrected chi connectivity index (χ1v) is 7.27. The van der Waals surface area contributed by atoms with E-state index in [2.05, 4.69) is 33.0 Å². The van der Waals surface area contributed by atoms with Gasteiger partial charge in [0.05, 0.1) is 0 Å². The van der Waals surface area contributed by atoms with Gasteiger partial charge in [-0.25, -0.2) is 4.39 Å². The quantitative estimate of drug-likeness (QED) is 0.904. The van der Waals surface area contributed by atoms with Gasteiger partial charge in [0.15, 0.2) is 0 Å². The molecule has 20 heavy (non-hydrogen) atoms. The van der Waals surface area contributed by atoms with Crippen LogP contribution in [-0.2, 0) is 6.54 Å². The number of halogens is 2. The van der Waals surface area contributed by atoms with Crippen LogP contribution >= 0.6 is 15.9 Å². The standard InChI is InChI=1S/C16H18BrFN2/c1-11(19)15-9-14(18)7-8-16(15)20(2)10-12-3-5-13(17)6-4-12/h3-9,11H,10,19H2,1-2H3. The fourth-order valence-corrected chi connectivity index (χ4v) is 2.45. The molecule has 1 atom stereocenters. The molecule has 0 saturated carbocycles. The molecule has 2 nitrogen and oxygen atoms in total. The van der Waals surface area contributed by atoms with Crippen molar-refractivity contribution in [3.8, 4) is 0 Å². The summed E-state index contributed by atoms with van der Waals surface area (Å²) in [5.74, 6) is -0.252. The van der Waals surface area contributed by atoms with Crippen molar-refractivity contribution in [2.24, 2.45) is 5.73 Å². The zero-order chi connectivity index (χ0) is 14.7. The lowest BCUT2D eigenvalue weighted by Gasteiger charge is -2.24. The van der Waals surface area contributed by atoms with Crippen molar-refractivity contribution in [2.45, 2.75) is 19.5 Å². The van der Waals surface area contributed by atoms with E-state index in [9.17, 15) is 4.39 Å². The lowest BCUT2D eigenvalue weighted by Crippen LogP contribution is -2.20. The maximum Gasteiger partial charge on any atom is 0.123 e. The van der Waals surface area contributed by atoms with Crippen molar-refractivity contribution < 1.29 is 4.39 Å². The van der Waals surface area contributed by atoms with Gasteiger partial charge in [-0.1, -0.05) is 28.1 Å². The van der Waals surface area contributed by atoms with Gasteiger partial charge in [-0.05, 0) is 48.4 Å². The molecule has 0 aromatic heterocycles. The third-order valence-corrected chi connectivity index (χ3v) is 3.75. The summed E-state index contributed by atoms with van der Waals surface area (Å²) >= 11 is 3.42. The van der Waals surface area contributed by atoms with Gasteiger partial charge in [-0.15, -0.1) is 0 Å². The van der Waals surface area contributed by atoms with Crippen LogP contribution in [0.5, 0.6) is 0 Å². The maximum atomic E-state index is 13.4. The molecule has 0 bridgehead atoms. The molecule has 0 radical (unpaired) electrons. The molecule has 0 amide bonds. The number of hydrogen-bond acceptors (Lipinski definition) is 2. The molecule has 0 heterocycles. The highest BCUT2D eigenvalue weighted by atomic mass is 79.9. The lowest BCUT2D eigenvalue weighted by atomic mass is 10.1. The average Bonchev–Trinajstić information content (AvgIpc) is 2.41. The summed E-state index contributed by atoms with van der Waals surface area (Å²) in [6, 6.07) is 12.7. The summed E-state index contributed by atoms with van der Waals surface area (Å²) in [6.45, 7) is 2.62. The molecule has 2 aromatic rings. The Balaban J connectivity index is 2.24. The summed E-state index contributed by atoms with van der Waals surface area (Å²) in [5, 5.41) is 0. The molecular weight excluding hydrogens is 319 g/mol. The molecule has 0 aliphatic heterocycles. The molecule has 2 N–H and O–H groups in total. The molecule has 2 aromatic carbocycles. The Labute approximate surface area is 127 Å². The minimum atomic E-state index is -0.252. The summed E-state index contributed by atoms with van der Waals surface area (Å²) in [4.78, 5) is 2.08. The molecule has 0 fully saturated rings. The Morgan fingerprint density at radius 3 is 2.45 bits per heavy atom. The second kappa shape index (κ2) is 6.37. The normalized spacial score (nSPS) is 12.2. The van der Waals surface area contributed by atoms with E-state index >= 15 is 0 Å². The van der Waals surface area contributed by atoms with Gasteiger partial charge in [0.1, 0.15) is 5.82 Å². The summed E-state index contributed by atoms with van der Waals surface area (Å²) in [7, 11) is 1.99. The number of benzene rings is 2. The monoisotopic (exact) mass is 336 g/mol. The highest BCUT2D eigenvalue weighted by molar-refractivity contribution is 9.10. The summed E-state index contributed by atoms with van der Waals surface area (Å²) in [6.07, 6.45) is 0. The first-order chi connectivity index (χ1) is 9.47. The molecule has 4 heteroatoms. The van der Waals surface area contributed by atoms with E-state index in [1.165, 1.54) is 17.7 Å². The van der Waals surface area contributed by atoms with Crippen LogP contribution in [0.1, 0.15) is 24.1 Å². The predicted molar refractivity (Wildman–Crippen MR) is 85.3 cm³/mol. The Kier molecular flexibility index (Phi) is 4.78. The fourth-order valence-electron chi connectivity index (χ4n) is 2.19. The van der Waals surface area contributed by atoms with Crippen molar-refractivity contribution in [1.29, 1.82) is 0 Å². The summed E-state index contributed by atoms with van der Waals surface area (Å²) < 4.78 is 14.4. The van der Waals surface area contributed by atoms with Crippen LogP contribution in [0.25, 0.3) is 0 Å². The highest BCUT2D eigenvalue weighted by Gasteiger charge is 2.12. The molecule has 2 rings (SSSR count). The van der Waals surface area contributed by atoms with Gasteiger partial charge in [0.2, 0.25) is 0 Å². The lowest BCUT2D eigenvalue weighted by molar-refractivity contribution is 0.622. The molecule has 1 unspecified atom stereocenters. The van der Waals surface area contributed by atoms with Crippen molar-refractivity contribution in [3.05, 3.63) is 63.9 Å². The van der Waals surface area contributed by atoms with Crippen LogP contribution in [0, 0.1) is 5.82 Å². The fraction of sp³-hybridized carbons (Fsp3) is 0.250. The SMILES string of the molecule is CC(N)c1cc(F)ccc1N(C)Cc1ccc(Br)cc1. The first kappa shape index (κ1) is 15.0. The zero-order valence-corrected chi connectivity index (χ0v) is 13.2. The minimum Gasteiger partial charge on any atom is -0.370 e. The number of nitrogens with zero attached hydrogens (tertiary/aromatic N) is 1. The van der Waals surface area contributed by atoms with Crippen molar-refractivity contribution >= 4 is 21.6 Å². The average molecular weight is 337 g/mol. The smallest absolute Gasteiger partial charge is 0.123 e. The number of anilines is 1. The molecule has 0 aliphatic carbocycles. The second-order valence-corrected chi connectivity index (χ2v) is 5.89. The van der Waals surface area contributed by atoms with E-state index in [-0.39, 0.29) is 11.9 Å². The van der Waals surface area contributed by atoms with E-state index in [0.717, 1.165) is 22.3 Å². The van der Waals surface area contributed by atoms with Crippen LogP contribution in [0.15, 0.2) is 46.9 Å². The van der Waals surface area contributed by atoms with Crippen LogP contribution in [0.3, 0.4) is 0 Å². The van der Waals surface area contributed by atoms with Gasteiger partial charge in [-0.2, -0.15) is 0 Å². The van der Waals surface area contributed by atoms with E-state index in [1.807, 2.05) is 26.1 Å². The van der Waals surface area contributed by atoms with Crippen LogP contribution in [-0.4, -0.2) is 7.05 Å². The summed E-state index contributed by atoms with van der Waals surface area (Å²) in [5.41, 5.74) is 8.91. The van der Waals surface area contributed by atoms with Crippen LogP contribution in [0.2, 0.25) is 0 Å². The van der Waals surface area contributed by atoms with Crippen LogP contribution < -0.4 is 10.6 Å². The third-order valence-electron chi connectivity index (χ3n) is 3.22. The number of hydrogen-bond donors (Lipinski definition) is 1. The third kappa shape index (κ3) is 3.58. The van der Waals surface area contributed by atoms with Gasteiger partial charge in [-0.3, -0.25) is 0 Å². The minimum absolute atomic E-state index is 0.201.